The maximum absolute atomic E-state index is 11.8. The van der Waals surface area contributed by atoms with Gasteiger partial charge in [-0.25, -0.2) is 4.98 Å². The first-order valence-corrected chi connectivity index (χ1v) is 5.78. The lowest BCUT2D eigenvalue weighted by molar-refractivity contribution is -0.160. The zero-order valence-corrected chi connectivity index (χ0v) is 11.1. The monoisotopic (exact) mass is 253 g/mol. The van der Waals surface area contributed by atoms with Gasteiger partial charge in [0.1, 0.15) is 0 Å². The van der Waals surface area contributed by atoms with E-state index in [0.29, 0.717) is 11.4 Å². The number of pyridine rings is 1. The number of hydrogen-bond acceptors (Lipinski definition) is 5. The molecule has 100 valence electrons. The Bertz CT molecular complexity index is 400. The van der Waals surface area contributed by atoms with E-state index in [4.69, 9.17) is 9.47 Å². The van der Waals surface area contributed by atoms with E-state index in [1.807, 2.05) is 0 Å². The van der Waals surface area contributed by atoms with Gasteiger partial charge >= 0.3 is 5.97 Å². The molecule has 1 atom stereocenters. The molecule has 1 aromatic rings. The van der Waals surface area contributed by atoms with E-state index in [-0.39, 0.29) is 6.61 Å². The number of carbonyl (C=O) groups excluding carboxylic acids is 1. The minimum Gasteiger partial charge on any atom is -0.481 e. The standard InChI is InChI=1S/C13H19NO4/c1-5-18-12(16)13(2,3)11(15)9-6-7-10(17-4)14-8-9/h6-8,11,15H,5H2,1-4H3. The Morgan fingerprint density at radius 3 is 2.61 bits per heavy atom. The van der Waals surface area contributed by atoms with Crippen LogP contribution in [0.25, 0.3) is 0 Å². The topological polar surface area (TPSA) is 68.7 Å². The summed E-state index contributed by atoms with van der Waals surface area (Å²) in [6.45, 7) is 5.30. The van der Waals surface area contributed by atoms with Crippen molar-refractivity contribution in [1.82, 2.24) is 4.98 Å². The number of hydrogen-bond donors (Lipinski definition) is 1. The third kappa shape index (κ3) is 2.98. The first-order chi connectivity index (χ1) is 8.43. The summed E-state index contributed by atoms with van der Waals surface area (Å²) < 4.78 is 9.89. The van der Waals surface area contributed by atoms with Crippen LogP contribution in [0.4, 0.5) is 0 Å². The second kappa shape index (κ2) is 5.82. The number of aromatic nitrogens is 1. The van der Waals surface area contributed by atoms with Crippen LogP contribution in [0.15, 0.2) is 18.3 Å². The van der Waals surface area contributed by atoms with Crippen LogP contribution in [0.1, 0.15) is 32.4 Å². The van der Waals surface area contributed by atoms with Crippen LogP contribution in [0.5, 0.6) is 5.88 Å². The molecule has 1 N–H and O–H groups in total. The molecule has 5 nitrogen and oxygen atoms in total. The molecule has 0 aliphatic carbocycles. The number of aliphatic hydroxyl groups is 1. The van der Waals surface area contributed by atoms with E-state index in [2.05, 4.69) is 4.98 Å². The molecule has 0 spiro atoms. The largest absolute Gasteiger partial charge is 0.481 e. The molecule has 5 heteroatoms. The summed E-state index contributed by atoms with van der Waals surface area (Å²) in [5, 5.41) is 10.2. The van der Waals surface area contributed by atoms with E-state index in [0.717, 1.165) is 0 Å². The van der Waals surface area contributed by atoms with Crippen LogP contribution < -0.4 is 4.74 Å². The van der Waals surface area contributed by atoms with Gasteiger partial charge in [0.25, 0.3) is 0 Å². The van der Waals surface area contributed by atoms with Gasteiger partial charge in [-0.2, -0.15) is 0 Å². The van der Waals surface area contributed by atoms with Crippen LogP contribution in [0.3, 0.4) is 0 Å². The average molecular weight is 253 g/mol. The number of ether oxygens (including phenoxy) is 2. The molecule has 0 aliphatic heterocycles. The number of rotatable bonds is 5. The van der Waals surface area contributed by atoms with E-state index in [1.165, 1.54) is 13.3 Å². The molecular formula is C13H19NO4. The number of nitrogens with zero attached hydrogens (tertiary/aromatic N) is 1. The number of carbonyl (C=O) groups is 1. The highest BCUT2D eigenvalue weighted by Crippen LogP contribution is 2.34. The molecule has 0 fully saturated rings. The summed E-state index contributed by atoms with van der Waals surface area (Å²) in [6.07, 6.45) is 0.514. The Balaban J connectivity index is 2.90. The fraction of sp³-hybridized carbons (Fsp3) is 0.538. The highest BCUT2D eigenvalue weighted by Gasteiger charge is 2.38. The van der Waals surface area contributed by atoms with Gasteiger partial charge in [-0.1, -0.05) is 0 Å². The molecule has 0 bridgehead atoms. The Morgan fingerprint density at radius 1 is 1.50 bits per heavy atom. The van der Waals surface area contributed by atoms with Gasteiger partial charge in [-0.15, -0.1) is 0 Å². The second-order valence-corrected chi connectivity index (χ2v) is 4.48. The fourth-order valence-electron chi connectivity index (χ4n) is 1.52. The van der Waals surface area contributed by atoms with Crippen LogP contribution >= 0.6 is 0 Å². The third-order valence-corrected chi connectivity index (χ3v) is 2.77. The zero-order chi connectivity index (χ0) is 13.8. The first-order valence-electron chi connectivity index (χ1n) is 5.78. The van der Waals surface area contributed by atoms with E-state index in [1.54, 1.807) is 32.9 Å². The maximum Gasteiger partial charge on any atom is 0.314 e. The highest BCUT2D eigenvalue weighted by molar-refractivity contribution is 5.77. The summed E-state index contributed by atoms with van der Waals surface area (Å²) in [4.78, 5) is 15.8. The van der Waals surface area contributed by atoms with E-state index >= 15 is 0 Å². The Labute approximate surface area is 107 Å². The van der Waals surface area contributed by atoms with Crippen molar-refractivity contribution in [3.63, 3.8) is 0 Å². The van der Waals surface area contributed by atoms with Crippen molar-refractivity contribution in [2.24, 2.45) is 5.41 Å². The molecule has 0 saturated carbocycles. The van der Waals surface area contributed by atoms with Crippen molar-refractivity contribution >= 4 is 5.97 Å². The predicted octanol–water partition coefficient (Wildman–Crippen LogP) is 1.71. The summed E-state index contributed by atoms with van der Waals surface area (Å²) in [5.74, 6) is 0.0215. The quantitative estimate of drug-likeness (QED) is 0.809. The van der Waals surface area contributed by atoms with Crippen molar-refractivity contribution in [3.05, 3.63) is 23.9 Å². The van der Waals surface area contributed by atoms with Crippen LogP contribution in [-0.2, 0) is 9.53 Å². The maximum atomic E-state index is 11.8. The van der Waals surface area contributed by atoms with E-state index < -0.39 is 17.5 Å². The van der Waals surface area contributed by atoms with Crippen LogP contribution in [-0.4, -0.2) is 29.8 Å². The van der Waals surface area contributed by atoms with Gasteiger partial charge in [0.05, 0.1) is 25.2 Å². The van der Waals surface area contributed by atoms with Crippen LogP contribution in [0.2, 0.25) is 0 Å². The summed E-state index contributed by atoms with van der Waals surface area (Å²) in [6, 6.07) is 3.32. The molecule has 0 aliphatic rings. The number of methoxy groups -OCH3 is 1. The van der Waals surface area contributed by atoms with Crippen molar-refractivity contribution in [2.75, 3.05) is 13.7 Å². The molecule has 0 amide bonds. The van der Waals surface area contributed by atoms with Gasteiger partial charge in [0, 0.05) is 17.8 Å². The highest BCUT2D eigenvalue weighted by atomic mass is 16.5. The first kappa shape index (κ1) is 14.4. The summed E-state index contributed by atoms with van der Waals surface area (Å²) in [5.41, 5.74) is -0.472. The smallest absolute Gasteiger partial charge is 0.314 e. The van der Waals surface area contributed by atoms with E-state index in [9.17, 15) is 9.90 Å². The zero-order valence-electron chi connectivity index (χ0n) is 11.1. The minimum atomic E-state index is -1.02. The third-order valence-electron chi connectivity index (χ3n) is 2.77. The normalized spacial score (nSPS) is 12.9. The second-order valence-electron chi connectivity index (χ2n) is 4.48. The molecule has 0 saturated heterocycles. The Hall–Kier alpha value is -1.62. The summed E-state index contributed by atoms with van der Waals surface area (Å²) >= 11 is 0. The Kier molecular flexibility index (Phi) is 4.67. The lowest BCUT2D eigenvalue weighted by Gasteiger charge is -2.28. The van der Waals surface area contributed by atoms with Gasteiger partial charge in [-0.3, -0.25) is 4.79 Å². The molecule has 1 rings (SSSR count). The van der Waals surface area contributed by atoms with Gasteiger partial charge < -0.3 is 14.6 Å². The van der Waals surface area contributed by atoms with Crippen molar-refractivity contribution in [3.8, 4) is 5.88 Å². The molecule has 1 aromatic heterocycles. The molecule has 1 unspecified atom stereocenters. The van der Waals surface area contributed by atoms with Crippen LogP contribution in [0, 0.1) is 5.41 Å². The number of esters is 1. The Morgan fingerprint density at radius 2 is 2.17 bits per heavy atom. The minimum absolute atomic E-state index is 0.288. The van der Waals surface area contributed by atoms with Gasteiger partial charge in [-0.05, 0) is 26.8 Å². The predicted molar refractivity (Wildman–Crippen MR) is 66.2 cm³/mol. The molecule has 1 heterocycles. The van der Waals surface area contributed by atoms with Gasteiger partial charge in [0.2, 0.25) is 5.88 Å². The molecule has 0 radical (unpaired) electrons. The number of aliphatic hydroxyl groups excluding tert-OH is 1. The average Bonchev–Trinajstić information content (AvgIpc) is 2.38. The molecule has 18 heavy (non-hydrogen) atoms. The molecule has 0 aromatic carbocycles. The lowest BCUT2D eigenvalue weighted by Crippen LogP contribution is -2.33. The van der Waals surface area contributed by atoms with Crippen molar-refractivity contribution in [1.29, 1.82) is 0 Å². The lowest BCUT2D eigenvalue weighted by atomic mass is 9.83. The fourth-order valence-corrected chi connectivity index (χ4v) is 1.52. The van der Waals surface area contributed by atoms with Crippen molar-refractivity contribution < 1.29 is 19.4 Å². The van der Waals surface area contributed by atoms with Crippen molar-refractivity contribution in [2.45, 2.75) is 26.9 Å². The summed E-state index contributed by atoms with van der Waals surface area (Å²) in [7, 11) is 1.51. The van der Waals surface area contributed by atoms with Gasteiger partial charge in [0.15, 0.2) is 0 Å². The molecular weight excluding hydrogens is 234 g/mol. The SMILES string of the molecule is CCOC(=O)C(C)(C)C(O)c1ccc(OC)nc1.